The summed E-state index contributed by atoms with van der Waals surface area (Å²) in [5.74, 6) is -1.51. The van der Waals surface area contributed by atoms with Crippen LogP contribution in [0.15, 0.2) is 36.4 Å². The predicted molar refractivity (Wildman–Crippen MR) is 91.2 cm³/mol. The molecule has 128 valence electrons. The molecule has 1 amide bonds. The molecule has 1 fully saturated rings. The Morgan fingerprint density at radius 3 is 2.67 bits per heavy atom. The van der Waals surface area contributed by atoms with Gasteiger partial charge in [0.15, 0.2) is 0 Å². The number of amides is 1. The van der Waals surface area contributed by atoms with Gasteiger partial charge in [-0.05, 0) is 37.5 Å². The van der Waals surface area contributed by atoms with E-state index in [0.717, 1.165) is 18.8 Å². The van der Waals surface area contributed by atoms with Gasteiger partial charge in [0, 0.05) is 24.5 Å². The molecule has 0 spiro atoms. The van der Waals surface area contributed by atoms with E-state index in [1.54, 1.807) is 12.1 Å². The second kappa shape index (κ2) is 7.05. The highest BCUT2D eigenvalue weighted by atomic mass is 16.5. The third kappa shape index (κ3) is 3.28. The number of hydrogen-bond donors (Lipinski definition) is 2. The summed E-state index contributed by atoms with van der Waals surface area (Å²) in [6, 6.07) is 7.53. The van der Waals surface area contributed by atoms with Gasteiger partial charge >= 0.3 is 5.97 Å². The van der Waals surface area contributed by atoms with Crippen molar-refractivity contribution in [2.24, 2.45) is 5.41 Å². The summed E-state index contributed by atoms with van der Waals surface area (Å²) in [7, 11) is 0. The van der Waals surface area contributed by atoms with Crippen LogP contribution in [0.2, 0.25) is 0 Å². The van der Waals surface area contributed by atoms with Crippen LogP contribution in [0, 0.1) is 5.41 Å². The van der Waals surface area contributed by atoms with Crippen molar-refractivity contribution in [2.75, 3.05) is 36.5 Å². The maximum Gasteiger partial charge on any atom is 0.319 e. The molecule has 1 aliphatic carbocycles. The monoisotopic (exact) mass is 330 g/mol. The number of anilines is 2. The largest absolute Gasteiger partial charge is 0.480 e. The number of carbonyl (C=O) groups is 2. The molecule has 1 unspecified atom stereocenters. The first-order valence-electron chi connectivity index (χ1n) is 8.24. The molecular formula is C18H22N2O4. The zero-order chi connectivity index (χ0) is 17.0. The van der Waals surface area contributed by atoms with E-state index in [1.807, 2.05) is 24.3 Å². The number of nitrogens with one attached hydrogen (secondary N) is 1. The van der Waals surface area contributed by atoms with Gasteiger partial charge in [0.05, 0.1) is 13.2 Å². The molecule has 1 atom stereocenters. The molecule has 2 aliphatic rings. The van der Waals surface area contributed by atoms with Crippen LogP contribution in [0.3, 0.4) is 0 Å². The third-order valence-corrected chi connectivity index (χ3v) is 4.70. The molecule has 1 aliphatic heterocycles. The average molecular weight is 330 g/mol. The summed E-state index contributed by atoms with van der Waals surface area (Å²) in [4.78, 5) is 26.6. The van der Waals surface area contributed by atoms with E-state index in [1.165, 1.54) is 0 Å². The Bertz CT molecular complexity index is 652. The number of carboxylic acids is 1. The van der Waals surface area contributed by atoms with Crippen LogP contribution in [0.25, 0.3) is 0 Å². The predicted octanol–water partition coefficient (Wildman–Crippen LogP) is 2.27. The van der Waals surface area contributed by atoms with Gasteiger partial charge in [0.1, 0.15) is 5.41 Å². The maximum absolute atomic E-state index is 12.7. The normalized spacial score (nSPS) is 23.8. The van der Waals surface area contributed by atoms with Gasteiger partial charge in [-0.25, -0.2) is 0 Å². The summed E-state index contributed by atoms with van der Waals surface area (Å²) >= 11 is 0. The first kappa shape index (κ1) is 16.5. The van der Waals surface area contributed by atoms with E-state index in [2.05, 4.69) is 10.2 Å². The first-order chi connectivity index (χ1) is 11.6. The van der Waals surface area contributed by atoms with Crippen molar-refractivity contribution in [2.45, 2.75) is 19.3 Å². The highest BCUT2D eigenvalue weighted by Gasteiger charge is 2.45. The molecule has 0 radical (unpaired) electrons. The van der Waals surface area contributed by atoms with Crippen molar-refractivity contribution in [1.29, 1.82) is 0 Å². The van der Waals surface area contributed by atoms with Crippen LogP contribution in [-0.2, 0) is 14.3 Å². The summed E-state index contributed by atoms with van der Waals surface area (Å²) in [5, 5.41) is 12.4. The van der Waals surface area contributed by atoms with Gasteiger partial charge in [-0.15, -0.1) is 0 Å². The molecule has 3 rings (SSSR count). The average Bonchev–Trinajstić information content (AvgIpc) is 2.63. The van der Waals surface area contributed by atoms with Crippen molar-refractivity contribution < 1.29 is 19.4 Å². The summed E-state index contributed by atoms with van der Waals surface area (Å²) < 4.78 is 5.35. The lowest BCUT2D eigenvalue weighted by Crippen LogP contribution is -2.43. The van der Waals surface area contributed by atoms with Crippen LogP contribution >= 0.6 is 0 Å². The maximum atomic E-state index is 12.7. The molecule has 1 aromatic rings. The Morgan fingerprint density at radius 2 is 2.00 bits per heavy atom. The molecule has 0 bridgehead atoms. The molecule has 1 saturated heterocycles. The zero-order valence-corrected chi connectivity index (χ0v) is 13.5. The molecular weight excluding hydrogens is 308 g/mol. The Morgan fingerprint density at radius 1 is 1.21 bits per heavy atom. The minimum Gasteiger partial charge on any atom is -0.480 e. The van der Waals surface area contributed by atoms with Gasteiger partial charge in [0.25, 0.3) is 0 Å². The number of carboxylic acid groups (broad SMARTS) is 1. The van der Waals surface area contributed by atoms with E-state index in [0.29, 0.717) is 31.7 Å². The van der Waals surface area contributed by atoms with Crippen LogP contribution in [-0.4, -0.2) is 43.3 Å². The van der Waals surface area contributed by atoms with Gasteiger partial charge in [-0.3, -0.25) is 9.59 Å². The highest BCUT2D eigenvalue weighted by Crippen LogP contribution is 2.35. The second-order valence-electron chi connectivity index (χ2n) is 6.21. The fourth-order valence-electron chi connectivity index (χ4n) is 3.18. The van der Waals surface area contributed by atoms with Crippen molar-refractivity contribution in [3.63, 3.8) is 0 Å². The molecule has 6 heteroatoms. The molecule has 1 aromatic carbocycles. The number of ether oxygens (including phenoxy) is 1. The quantitative estimate of drug-likeness (QED) is 0.654. The number of benzene rings is 1. The Hall–Kier alpha value is -2.34. The summed E-state index contributed by atoms with van der Waals surface area (Å²) in [6.07, 6.45) is 4.87. The number of carbonyl (C=O) groups excluding carboxylic acids is 1. The topological polar surface area (TPSA) is 78.9 Å². The Labute approximate surface area is 141 Å². The van der Waals surface area contributed by atoms with Crippen molar-refractivity contribution >= 4 is 23.3 Å². The first-order valence-corrected chi connectivity index (χ1v) is 8.24. The molecule has 24 heavy (non-hydrogen) atoms. The Balaban J connectivity index is 1.76. The fraction of sp³-hybridized carbons (Fsp3) is 0.444. The lowest BCUT2D eigenvalue weighted by Gasteiger charge is -2.30. The molecule has 0 aromatic heterocycles. The number of nitrogens with zero attached hydrogens (tertiary/aromatic N) is 1. The van der Waals surface area contributed by atoms with E-state index in [-0.39, 0.29) is 6.42 Å². The van der Waals surface area contributed by atoms with Crippen molar-refractivity contribution in [3.05, 3.63) is 36.4 Å². The van der Waals surface area contributed by atoms with Crippen LogP contribution in [0.4, 0.5) is 11.4 Å². The minimum atomic E-state index is -1.37. The zero-order valence-electron chi connectivity index (χ0n) is 13.5. The fourth-order valence-corrected chi connectivity index (χ4v) is 3.18. The van der Waals surface area contributed by atoms with Crippen LogP contribution < -0.4 is 10.2 Å². The highest BCUT2D eigenvalue weighted by molar-refractivity contribution is 6.08. The van der Waals surface area contributed by atoms with E-state index >= 15 is 0 Å². The molecule has 6 nitrogen and oxygen atoms in total. The molecule has 1 heterocycles. The summed E-state index contributed by atoms with van der Waals surface area (Å²) in [5.41, 5.74) is 0.257. The smallest absolute Gasteiger partial charge is 0.319 e. The minimum absolute atomic E-state index is 0.233. The van der Waals surface area contributed by atoms with E-state index in [9.17, 15) is 14.7 Å². The molecule has 0 saturated carbocycles. The lowest BCUT2D eigenvalue weighted by molar-refractivity contribution is -0.154. The van der Waals surface area contributed by atoms with Gasteiger partial charge in [0.2, 0.25) is 5.91 Å². The third-order valence-electron chi connectivity index (χ3n) is 4.70. The van der Waals surface area contributed by atoms with Crippen LogP contribution in [0.5, 0.6) is 0 Å². The standard InChI is InChI=1S/C18H22N2O4/c21-16(18(17(22)23)7-2-1-3-8-18)19-14-5-4-6-15(13-14)20-9-11-24-12-10-20/h1-2,4-6,13H,3,7-12H2,(H,19,21)(H,22,23). The van der Waals surface area contributed by atoms with Crippen LogP contribution in [0.1, 0.15) is 19.3 Å². The van der Waals surface area contributed by atoms with Gasteiger partial charge < -0.3 is 20.1 Å². The van der Waals surface area contributed by atoms with Gasteiger partial charge in [-0.2, -0.15) is 0 Å². The number of aliphatic carboxylic acids is 1. The summed E-state index contributed by atoms with van der Waals surface area (Å²) in [6.45, 7) is 2.98. The second-order valence-corrected chi connectivity index (χ2v) is 6.21. The lowest BCUT2D eigenvalue weighted by atomic mass is 9.76. The van der Waals surface area contributed by atoms with Crippen molar-refractivity contribution in [1.82, 2.24) is 0 Å². The Kier molecular flexibility index (Phi) is 4.85. The van der Waals surface area contributed by atoms with E-state index < -0.39 is 17.3 Å². The molecule has 2 N–H and O–H groups in total. The number of rotatable bonds is 4. The van der Waals surface area contributed by atoms with Gasteiger partial charge in [-0.1, -0.05) is 18.2 Å². The number of allylic oxidation sites excluding steroid dienone is 2. The van der Waals surface area contributed by atoms with E-state index in [4.69, 9.17) is 4.74 Å². The van der Waals surface area contributed by atoms with Crippen molar-refractivity contribution in [3.8, 4) is 0 Å². The number of hydrogen-bond acceptors (Lipinski definition) is 4. The SMILES string of the molecule is O=C(O)C1(C(=O)Nc2cccc(N3CCOCC3)c2)CC=CCC1. The number of morpholine rings is 1.